The third-order valence-corrected chi connectivity index (χ3v) is 3.31. The van der Waals surface area contributed by atoms with Gasteiger partial charge in [-0.15, -0.1) is 9.35 Å². The highest BCUT2D eigenvalue weighted by molar-refractivity contribution is 7.50. The van der Waals surface area contributed by atoms with Crippen molar-refractivity contribution in [2.75, 3.05) is 7.11 Å². The van der Waals surface area contributed by atoms with E-state index in [0.717, 1.165) is 7.11 Å². The summed E-state index contributed by atoms with van der Waals surface area (Å²) in [6, 6.07) is 4.00. The number of phenolic OH excluding ortho intramolecular Hbond substituents is 1. The van der Waals surface area contributed by atoms with Gasteiger partial charge in [0.05, 0.1) is 0 Å². The molecule has 1 aromatic rings. The Bertz CT molecular complexity index is 543. The molecular weight excluding hydrogens is 302 g/mol. The van der Waals surface area contributed by atoms with Gasteiger partial charge in [0, 0.05) is 7.11 Å². The van der Waals surface area contributed by atoms with Gasteiger partial charge >= 0.3 is 15.6 Å². The summed E-state index contributed by atoms with van der Waals surface area (Å²) in [5.41, 5.74) is 0.689. The fourth-order valence-electron chi connectivity index (χ4n) is 0.959. The number of rotatable bonds is 6. The number of phosphoric ester groups is 2. The van der Waals surface area contributed by atoms with E-state index in [9.17, 15) is 19.1 Å². The van der Waals surface area contributed by atoms with Crippen LogP contribution in [0.3, 0.4) is 0 Å². The molecule has 0 fully saturated rings. The summed E-state index contributed by atoms with van der Waals surface area (Å²) in [6.45, 7) is 1.68. The molecule has 0 aromatic heterocycles. The minimum Gasteiger partial charge on any atom is -0.504 e. The zero-order chi connectivity index (χ0) is 14.7. The van der Waals surface area contributed by atoms with Crippen molar-refractivity contribution >= 4 is 15.6 Å². The quantitative estimate of drug-likeness (QED) is 0.409. The normalized spacial score (nSPS) is 17.5. The lowest BCUT2D eigenvalue weighted by atomic mass is 10.2. The molecule has 0 heterocycles. The molecule has 0 saturated carbocycles. The molecule has 3 N–H and O–H groups in total. The van der Waals surface area contributed by atoms with Crippen molar-refractivity contribution in [2.45, 2.75) is 6.92 Å². The second-order valence-electron chi connectivity index (χ2n) is 3.33. The number of benzene rings is 1. The topological polar surface area (TPSA) is 132 Å². The number of hydrogen-bond acceptors (Lipinski definition) is 7. The Balaban J connectivity index is 2.74. The molecule has 0 radical (unpaired) electrons. The van der Waals surface area contributed by atoms with Crippen LogP contribution in [0.2, 0.25) is 0 Å². The first-order chi connectivity index (χ1) is 8.65. The SMILES string of the molecule is COP(=O)(O)OOP(=O)(O)Oc1ccc(C)cc1O. The molecule has 0 spiro atoms. The predicted molar refractivity (Wildman–Crippen MR) is 62.3 cm³/mol. The van der Waals surface area contributed by atoms with Crippen LogP contribution in [-0.4, -0.2) is 22.0 Å². The first kappa shape index (κ1) is 16.1. The summed E-state index contributed by atoms with van der Waals surface area (Å²) in [5, 5.41) is 9.45. The van der Waals surface area contributed by atoms with E-state index >= 15 is 0 Å². The summed E-state index contributed by atoms with van der Waals surface area (Å²) in [4.78, 5) is 18.0. The molecule has 1 rings (SSSR count). The summed E-state index contributed by atoms with van der Waals surface area (Å²) < 4.78 is 38.2. The van der Waals surface area contributed by atoms with Gasteiger partial charge in [0.25, 0.3) is 0 Å². The van der Waals surface area contributed by atoms with E-state index in [1.807, 2.05) is 0 Å². The minimum absolute atomic E-state index is 0.356. The zero-order valence-corrected chi connectivity index (χ0v) is 11.7. The van der Waals surface area contributed by atoms with E-state index in [1.165, 1.54) is 18.2 Å². The van der Waals surface area contributed by atoms with Crippen LogP contribution in [0.1, 0.15) is 5.56 Å². The van der Waals surface area contributed by atoms with Crippen LogP contribution in [0.25, 0.3) is 0 Å². The van der Waals surface area contributed by atoms with Crippen LogP contribution in [-0.2, 0) is 23.0 Å². The highest BCUT2D eigenvalue weighted by Gasteiger charge is 2.32. The van der Waals surface area contributed by atoms with Gasteiger partial charge in [0.15, 0.2) is 11.5 Å². The maximum atomic E-state index is 11.4. The Morgan fingerprint density at radius 2 is 1.68 bits per heavy atom. The molecule has 19 heavy (non-hydrogen) atoms. The molecule has 1 aromatic carbocycles. The maximum Gasteiger partial charge on any atom is 0.555 e. The molecule has 11 heteroatoms. The molecule has 0 aliphatic rings. The van der Waals surface area contributed by atoms with Crippen LogP contribution in [0.15, 0.2) is 18.2 Å². The van der Waals surface area contributed by atoms with Gasteiger partial charge in [-0.05, 0) is 24.6 Å². The Labute approximate surface area is 108 Å². The Morgan fingerprint density at radius 3 is 2.21 bits per heavy atom. The van der Waals surface area contributed by atoms with Crippen LogP contribution in [0, 0.1) is 6.92 Å². The fourth-order valence-corrected chi connectivity index (χ4v) is 2.13. The number of aryl methyl sites for hydroxylation is 1. The zero-order valence-electron chi connectivity index (χ0n) is 9.92. The van der Waals surface area contributed by atoms with E-state index in [0.29, 0.717) is 5.56 Å². The summed E-state index contributed by atoms with van der Waals surface area (Å²) in [7, 11) is -8.62. The molecule has 9 nitrogen and oxygen atoms in total. The molecule has 0 bridgehead atoms. The van der Waals surface area contributed by atoms with Gasteiger partial charge in [-0.3, -0.25) is 9.42 Å². The number of phosphoric acid groups is 2. The monoisotopic (exact) mass is 314 g/mol. The fraction of sp³-hybridized carbons (Fsp3) is 0.250. The Morgan fingerprint density at radius 1 is 1.11 bits per heavy atom. The van der Waals surface area contributed by atoms with Gasteiger partial charge in [0.2, 0.25) is 0 Å². The average molecular weight is 314 g/mol. The van der Waals surface area contributed by atoms with Gasteiger partial charge < -0.3 is 14.5 Å². The second-order valence-corrected chi connectivity index (χ2v) is 6.05. The van der Waals surface area contributed by atoms with E-state index in [2.05, 4.69) is 18.4 Å². The second kappa shape index (κ2) is 6.02. The van der Waals surface area contributed by atoms with Crippen molar-refractivity contribution in [2.24, 2.45) is 0 Å². The van der Waals surface area contributed by atoms with E-state index in [-0.39, 0.29) is 5.75 Å². The van der Waals surface area contributed by atoms with Crippen LogP contribution < -0.4 is 4.52 Å². The summed E-state index contributed by atoms with van der Waals surface area (Å²) >= 11 is 0. The van der Waals surface area contributed by atoms with Gasteiger partial charge in [-0.25, -0.2) is 9.13 Å². The van der Waals surface area contributed by atoms with E-state index in [4.69, 9.17) is 4.89 Å². The van der Waals surface area contributed by atoms with Crippen LogP contribution in [0.5, 0.6) is 11.5 Å². The molecule has 0 aliphatic heterocycles. The standard InChI is InChI=1S/C8H12O9P2/c1-6-3-4-8(7(9)5-6)15-19(12,13)17-16-18(10,11)14-2/h3-5,9H,1-2H3,(H,10,11)(H,12,13). The molecule has 0 amide bonds. The smallest absolute Gasteiger partial charge is 0.504 e. The van der Waals surface area contributed by atoms with E-state index < -0.39 is 21.4 Å². The highest BCUT2D eigenvalue weighted by atomic mass is 31.2. The number of aromatic hydroxyl groups is 1. The Hall–Kier alpha value is -0.920. The molecule has 2 unspecified atom stereocenters. The lowest BCUT2D eigenvalue weighted by Crippen LogP contribution is -1.99. The molecule has 108 valence electrons. The lowest BCUT2D eigenvalue weighted by Gasteiger charge is -2.14. The first-order valence-electron chi connectivity index (χ1n) is 4.74. The van der Waals surface area contributed by atoms with E-state index in [1.54, 1.807) is 6.92 Å². The largest absolute Gasteiger partial charge is 0.555 e. The summed E-state index contributed by atoms with van der Waals surface area (Å²) in [6.07, 6.45) is 0. The minimum atomic E-state index is -4.86. The number of hydrogen-bond donors (Lipinski definition) is 3. The molecule has 0 saturated heterocycles. The highest BCUT2D eigenvalue weighted by Crippen LogP contribution is 2.52. The van der Waals surface area contributed by atoms with Gasteiger partial charge in [-0.1, -0.05) is 6.07 Å². The lowest BCUT2D eigenvalue weighted by molar-refractivity contribution is -0.143. The van der Waals surface area contributed by atoms with Crippen molar-refractivity contribution in [1.82, 2.24) is 0 Å². The van der Waals surface area contributed by atoms with Crippen molar-refractivity contribution < 1.29 is 42.4 Å². The van der Waals surface area contributed by atoms with Crippen molar-refractivity contribution in [3.05, 3.63) is 23.8 Å². The third-order valence-electron chi connectivity index (χ3n) is 1.78. The predicted octanol–water partition coefficient (Wildman–Crippen LogP) is 1.87. The molecule has 2 atom stereocenters. The summed E-state index contributed by atoms with van der Waals surface area (Å²) in [5.74, 6) is -0.762. The van der Waals surface area contributed by atoms with Gasteiger partial charge in [-0.2, -0.15) is 0 Å². The average Bonchev–Trinajstić information content (AvgIpc) is 2.31. The number of phenols is 1. The van der Waals surface area contributed by atoms with Gasteiger partial charge in [0.1, 0.15) is 0 Å². The van der Waals surface area contributed by atoms with Crippen molar-refractivity contribution in [3.63, 3.8) is 0 Å². The third kappa shape index (κ3) is 5.30. The first-order valence-corrected chi connectivity index (χ1v) is 7.73. The van der Waals surface area contributed by atoms with Crippen molar-refractivity contribution in [1.29, 1.82) is 0 Å². The van der Waals surface area contributed by atoms with Crippen molar-refractivity contribution in [3.8, 4) is 11.5 Å². The molecular formula is C8H12O9P2. The van der Waals surface area contributed by atoms with Crippen LogP contribution in [0.4, 0.5) is 0 Å². The Kier molecular flexibility index (Phi) is 5.11. The van der Waals surface area contributed by atoms with Crippen LogP contribution >= 0.6 is 15.6 Å². The maximum absolute atomic E-state index is 11.4. The molecule has 0 aliphatic carbocycles.